The van der Waals surface area contributed by atoms with E-state index in [4.69, 9.17) is 11.6 Å². The van der Waals surface area contributed by atoms with Crippen LogP contribution in [0.3, 0.4) is 0 Å². The monoisotopic (exact) mass is 121 g/mol. The molecule has 1 N–H and O–H groups in total. The molecule has 0 aromatic heterocycles. The summed E-state index contributed by atoms with van der Waals surface area (Å²) in [6, 6.07) is 0. The van der Waals surface area contributed by atoms with Crippen LogP contribution in [0, 0.1) is 5.92 Å². The van der Waals surface area contributed by atoms with Crippen LogP contribution in [0.15, 0.2) is 0 Å². The van der Waals surface area contributed by atoms with Crippen molar-refractivity contribution in [1.29, 1.82) is 0 Å². The Hall–Kier alpha value is 0.250. The Morgan fingerprint density at radius 3 is 1.86 bits per heavy atom. The molecule has 0 aliphatic carbocycles. The molecular weight excluding hydrogens is 110 g/mol. The van der Waals surface area contributed by atoms with Crippen LogP contribution >= 0.6 is 11.6 Å². The molecule has 44 valence electrons. The topological polar surface area (TPSA) is 12.0 Å². The molecule has 0 spiro atoms. The van der Waals surface area contributed by atoms with Crippen LogP contribution in [0.25, 0.3) is 0 Å². The third kappa shape index (κ3) is 2.89. The molecule has 0 saturated heterocycles. The van der Waals surface area contributed by atoms with Crippen LogP contribution in [-0.2, 0) is 0 Å². The summed E-state index contributed by atoms with van der Waals surface area (Å²) in [5.74, 6) is 0.520. The molecule has 0 aliphatic rings. The molecule has 0 aromatic carbocycles. The van der Waals surface area contributed by atoms with E-state index in [0.29, 0.717) is 5.92 Å². The fourth-order valence-corrected chi connectivity index (χ4v) is 0.333. The second kappa shape index (κ2) is 3.28. The van der Waals surface area contributed by atoms with Gasteiger partial charge >= 0.3 is 0 Å². The second-order valence-electron chi connectivity index (χ2n) is 1.93. The summed E-state index contributed by atoms with van der Waals surface area (Å²) in [5, 5.41) is 2.93. The Kier molecular flexibility index (Phi) is 3.39. The molecule has 0 aromatic rings. The zero-order valence-electron chi connectivity index (χ0n) is 5.03. The van der Waals surface area contributed by atoms with Crippen molar-refractivity contribution in [2.75, 3.05) is 7.05 Å². The molecule has 0 fully saturated rings. The predicted octanol–water partition coefficient (Wildman–Crippen LogP) is 1.43. The van der Waals surface area contributed by atoms with Crippen molar-refractivity contribution >= 4 is 11.6 Å². The molecule has 1 atom stereocenters. The molecular formula is C5H12ClN. The van der Waals surface area contributed by atoms with E-state index in [1.807, 2.05) is 7.05 Å². The molecule has 1 nitrogen and oxygen atoms in total. The van der Waals surface area contributed by atoms with Crippen molar-refractivity contribution in [2.45, 2.75) is 19.3 Å². The molecule has 1 unspecified atom stereocenters. The molecule has 7 heavy (non-hydrogen) atoms. The summed E-state index contributed by atoms with van der Waals surface area (Å²) in [4.78, 5) is 0. The van der Waals surface area contributed by atoms with Crippen molar-refractivity contribution < 1.29 is 0 Å². The number of alkyl halides is 1. The summed E-state index contributed by atoms with van der Waals surface area (Å²) in [6.07, 6.45) is 0. The smallest absolute Gasteiger partial charge is 0.0846 e. The fraction of sp³-hybridized carbons (Fsp3) is 1.00. The lowest BCUT2D eigenvalue weighted by Gasteiger charge is -2.09. The molecule has 0 bridgehead atoms. The van der Waals surface area contributed by atoms with Gasteiger partial charge in [0.15, 0.2) is 0 Å². The Balaban J connectivity index is 3.14. The summed E-state index contributed by atoms with van der Waals surface area (Å²) >= 11 is 5.69. The molecule has 0 rings (SSSR count). The number of hydrogen-bond donors (Lipinski definition) is 1. The molecule has 0 aliphatic heterocycles. The minimum atomic E-state index is 0.125. The summed E-state index contributed by atoms with van der Waals surface area (Å²) < 4.78 is 0. The minimum absolute atomic E-state index is 0.125. The van der Waals surface area contributed by atoms with Gasteiger partial charge in [-0.1, -0.05) is 13.8 Å². The molecule has 0 heterocycles. The van der Waals surface area contributed by atoms with Crippen molar-refractivity contribution in [2.24, 2.45) is 5.92 Å². The van der Waals surface area contributed by atoms with E-state index >= 15 is 0 Å². The van der Waals surface area contributed by atoms with E-state index in [-0.39, 0.29) is 5.50 Å². The Labute approximate surface area is 50.1 Å². The third-order valence-electron chi connectivity index (χ3n) is 0.861. The highest BCUT2D eigenvalue weighted by Gasteiger charge is 2.03. The normalized spacial score (nSPS) is 15.0. The lowest BCUT2D eigenvalue weighted by Crippen LogP contribution is -2.23. The van der Waals surface area contributed by atoms with Gasteiger partial charge in [-0.3, -0.25) is 0 Å². The van der Waals surface area contributed by atoms with Crippen LogP contribution in [0.2, 0.25) is 0 Å². The first-order valence-corrected chi connectivity index (χ1v) is 2.93. The van der Waals surface area contributed by atoms with Gasteiger partial charge in [-0.05, 0) is 13.0 Å². The van der Waals surface area contributed by atoms with E-state index in [1.54, 1.807) is 0 Å². The zero-order chi connectivity index (χ0) is 5.86. The van der Waals surface area contributed by atoms with Gasteiger partial charge in [0, 0.05) is 0 Å². The fourth-order valence-electron chi connectivity index (χ4n) is 0.333. The molecule has 0 amide bonds. The first-order chi connectivity index (χ1) is 3.18. The van der Waals surface area contributed by atoms with Crippen LogP contribution in [-0.4, -0.2) is 12.5 Å². The SMILES string of the molecule is CNC(Cl)C(C)C. The minimum Gasteiger partial charge on any atom is -0.304 e. The Morgan fingerprint density at radius 2 is 1.86 bits per heavy atom. The first-order valence-electron chi connectivity index (χ1n) is 2.49. The van der Waals surface area contributed by atoms with Gasteiger partial charge in [0.1, 0.15) is 0 Å². The Bertz CT molecular complexity index is 45.3. The Morgan fingerprint density at radius 1 is 1.43 bits per heavy atom. The highest BCUT2D eigenvalue weighted by molar-refractivity contribution is 6.20. The standard InChI is InChI=1S/C5H12ClN/c1-4(2)5(6)7-3/h4-5,7H,1-3H3. The van der Waals surface area contributed by atoms with E-state index in [9.17, 15) is 0 Å². The van der Waals surface area contributed by atoms with Gasteiger partial charge in [-0.2, -0.15) is 0 Å². The van der Waals surface area contributed by atoms with E-state index in [0.717, 1.165) is 0 Å². The summed E-state index contributed by atoms with van der Waals surface area (Å²) in [5.41, 5.74) is 0.125. The number of nitrogens with one attached hydrogen (secondary N) is 1. The van der Waals surface area contributed by atoms with E-state index in [1.165, 1.54) is 0 Å². The van der Waals surface area contributed by atoms with Gasteiger partial charge in [0.2, 0.25) is 0 Å². The summed E-state index contributed by atoms with van der Waals surface area (Å²) in [6.45, 7) is 4.16. The number of hydrogen-bond acceptors (Lipinski definition) is 1. The quantitative estimate of drug-likeness (QED) is 0.431. The van der Waals surface area contributed by atoms with Gasteiger partial charge in [0.25, 0.3) is 0 Å². The van der Waals surface area contributed by atoms with Gasteiger partial charge in [-0.15, -0.1) is 11.6 Å². The average Bonchev–Trinajstić information content (AvgIpc) is 1.65. The maximum atomic E-state index is 5.69. The summed E-state index contributed by atoms with van der Waals surface area (Å²) in [7, 11) is 1.86. The van der Waals surface area contributed by atoms with Gasteiger partial charge in [0.05, 0.1) is 5.50 Å². The maximum absolute atomic E-state index is 5.69. The highest BCUT2D eigenvalue weighted by Crippen LogP contribution is 2.03. The third-order valence-corrected chi connectivity index (χ3v) is 1.58. The maximum Gasteiger partial charge on any atom is 0.0846 e. The lowest BCUT2D eigenvalue weighted by molar-refractivity contribution is 0.544. The van der Waals surface area contributed by atoms with Gasteiger partial charge < -0.3 is 5.32 Å². The molecule has 0 saturated carbocycles. The lowest BCUT2D eigenvalue weighted by atomic mass is 10.2. The average molecular weight is 122 g/mol. The largest absolute Gasteiger partial charge is 0.304 e. The van der Waals surface area contributed by atoms with Crippen LogP contribution in [0.1, 0.15) is 13.8 Å². The van der Waals surface area contributed by atoms with Gasteiger partial charge in [-0.25, -0.2) is 0 Å². The predicted molar refractivity (Wildman–Crippen MR) is 33.5 cm³/mol. The molecule has 2 heteroatoms. The molecule has 0 radical (unpaired) electrons. The van der Waals surface area contributed by atoms with E-state index < -0.39 is 0 Å². The highest BCUT2D eigenvalue weighted by atomic mass is 35.5. The van der Waals surface area contributed by atoms with Crippen LogP contribution < -0.4 is 5.32 Å². The van der Waals surface area contributed by atoms with Crippen LogP contribution in [0.4, 0.5) is 0 Å². The van der Waals surface area contributed by atoms with Crippen LogP contribution in [0.5, 0.6) is 0 Å². The van der Waals surface area contributed by atoms with Crippen molar-refractivity contribution in [3.63, 3.8) is 0 Å². The van der Waals surface area contributed by atoms with E-state index in [2.05, 4.69) is 19.2 Å². The van der Waals surface area contributed by atoms with Crippen molar-refractivity contribution in [3.05, 3.63) is 0 Å². The first kappa shape index (κ1) is 7.25. The van der Waals surface area contributed by atoms with Crippen molar-refractivity contribution in [1.82, 2.24) is 5.32 Å². The second-order valence-corrected chi connectivity index (χ2v) is 2.40. The zero-order valence-corrected chi connectivity index (χ0v) is 5.79. The van der Waals surface area contributed by atoms with Crippen molar-refractivity contribution in [3.8, 4) is 0 Å². The number of halogens is 1. The number of rotatable bonds is 2.